The van der Waals surface area contributed by atoms with Crippen LogP contribution in [0.3, 0.4) is 0 Å². The number of rotatable bonds is 1. The Bertz CT molecular complexity index is 277. The zero-order valence-electron chi connectivity index (χ0n) is 7.95. The van der Waals surface area contributed by atoms with E-state index in [1.807, 2.05) is 37.2 Å². The van der Waals surface area contributed by atoms with E-state index in [4.69, 9.17) is 0 Å². The quantitative estimate of drug-likeness (QED) is 0.608. The molecule has 1 rings (SSSR count). The van der Waals surface area contributed by atoms with Gasteiger partial charge in [0.25, 0.3) is 0 Å². The topological polar surface area (TPSA) is 32.3 Å². The average molecular weight is 178 g/mol. The third kappa shape index (κ3) is 3.15. The molecule has 0 fully saturated rings. The van der Waals surface area contributed by atoms with Crippen LogP contribution in [0, 0.1) is 0 Å². The number of likely N-dealkylation sites (N-methyl/N-ethyl adjacent to an activating group) is 1. The fourth-order valence-corrected chi connectivity index (χ4v) is 1.09. The molecule has 0 spiro atoms. The lowest BCUT2D eigenvalue weighted by Gasteiger charge is -2.11. The SMILES string of the molecule is C/C1=C/N(C)C/C=C\C(C=O)=C/N1. The van der Waals surface area contributed by atoms with Gasteiger partial charge in [0.2, 0.25) is 0 Å². The van der Waals surface area contributed by atoms with E-state index in [2.05, 4.69) is 5.32 Å². The molecule has 0 aliphatic carbocycles. The molecular formula is C10H14N2O. The van der Waals surface area contributed by atoms with Gasteiger partial charge >= 0.3 is 0 Å². The molecule has 3 heteroatoms. The molecule has 1 aliphatic rings. The summed E-state index contributed by atoms with van der Waals surface area (Å²) in [6.45, 7) is 2.77. The van der Waals surface area contributed by atoms with E-state index in [1.54, 1.807) is 6.20 Å². The van der Waals surface area contributed by atoms with Crippen molar-refractivity contribution in [2.24, 2.45) is 0 Å². The number of carbonyl (C=O) groups excluding carboxylic acids is 1. The Hall–Kier alpha value is -1.51. The molecule has 70 valence electrons. The van der Waals surface area contributed by atoms with Crippen molar-refractivity contribution in [1.29, 1.82) is 0 Å². The van der Waals surface area contributed by atoms with E-state index < -0.39 is 0 Å². The van der Waals surface area contributed by atoms with E-state index in [0.29, 0.717) is 5.57 Å². The number of allylic oxidation sites excluding steroid dienone is 3. The van der Waals surface area contributed by atoms with Crippen LogP contribution in [-0.4, -0.2) is 24.8 Å². The third-order valence-corrected chi connectivity index (χ3v) is 1.72. The Kier molecular flexibility index (Phi) is 3.31. The molecule has 3 nitrogen and oxygen atoms in total. The van der Waals surface area contributed by atoms with Crippen LogP contribution in [0.5, 0.6) is 0 Å². The van der Waals surface area contributed by atoms with Crippen molar-refractivity contribution in [3.8, 4) is 0 Å². The molecule has 0 aromatic rings. The molecule has 0 aromatic heterocycles. The molecule has 0 saturated heterocycles. The molecule has 0 unspecified atom stereocenters. The summed E-state index contributed by atoms with van der Waals surface area (Å²) in [7, 11) is 1.99. The molecule has 0 bridgehead atoms. The minimum absolute atomic E-state index is 0.656. The second-order valence-electron chi connectivity index (χ2n) is 3.06. The first-order chi connectivity index (χ1) is 6.22. The van der Waals surface area contributed by atoms with Gasteiger partial charge in [-0.1, -0.05) is 12.2 Å². The molecule has 0 atom stereocenters. The summed E-state index contributed by atoms with van der Waals surface area (Å²) in [4.78, 5) is 12.6. The standard InChI is InChI=1S/C10H14N2O/c1-9-7-12(2)5-3-4-10(8-13)6-11-9/h3-4,6-8,11H,5H2,1-2H3/b4-3-,9-7-,10-6+. The number of nitrogens with zero attached hydrogens (tertiary/aromatic N) is 1. The number of carbonyl (C=O) groups is 1. The van der Waals surface area contributed by atoms with Gasteiger partial charge in [0.05, 0.1) is 0 Å². The minimum Gasteiger partial charge on any atom is -0.375 e. The van der Waals surface area contributed by atoms with E-state index in [1.165, 1.54) is 0 Å². The summed E-state index contributed by atoms with van der Waals surface area (Å²) in [6.07, 6.45) is 8.30. The minimum atomic E-state index is 0.656. The zero-order valence-corrected chi connectivity index (χ0v) is 7.95. The maximum Gasteiger partial charge on any atom is 0.151 e. The van der Waals surface area contributed by atoms with E-state index in [-0.39, 0.29) is 0 Å². The largest absolute Gasteiger partial charge is 0.375 e. The molecular weight excluding hydrogens is 164 g/mol. The summed E-state index contributed by atoms with van der Waals surface area (Å²) in [5.41, 5.74) is 1.67. The third-order valence-electron chi connectivity index (χ3n) is 1.72. The summed E-state index contributed by atoms with van der Waals surface area (Å²) in [5.74, 6) is 0. The van der Waals surface area contributed by atoms with Crippen molar-refractivity contribution in [2.45, 2.75) is 6.92 Å². The van der Waals surface area contributed by atoms with Crippen molar-refractivity contribution in [2.75, 3.05) is 13.6 Å². The van der Waals surface area contributed by atoms with Gasteiger partial charge in [-0.3, -0.25) is 4.79 Å². The number of nitrogens with one attached hydrogen (secondary N) is 1. The first-order valence-corrected chi connectivity index (χ1v) is 4.19. The van der Waals surface area contributed by atoms with Gasteiger partial charge in [0.15, 0.2) is 6.29 Å². The summed E-state index contributed by atoms with van der Waals surface area (Å²) in [5, 5.41) is 3.03. The fourth-order valence-electron chi connectivity index (χ4n) is 1.09. The molecule has 0 radical (unpaired) electrons. The van der Waals surface area contributed by atoms with Crippen molar-refractivity contribution in [3.05, 3.63) is 35.8 Å². The van der Waals surface area contributed by atoms with Crippen molar-refractivity contribution in [3.63, 3.8) is 0 Å². The molecule has 1 heterocycles. The predicted octanol–water partition coefficient (Wildman–Crippen LogP) is 1.02. The summed E-state index contributed by atoms with van der Waals surface area (Å²) < 4.78 is 0. The van der Waals surface area contributed by atoms with Gasteiger partial charge in [-0.2, -0.15) is 0 Å². The molecule has 0 amide bonds. The van der Waals surface area contributed by atoms with Gasteiger partial charge in [0.1, 0.15) is 0 Å². The Balaban J connectivity index is 2.81. The fraction of sp³-hybridized carbons (Fsp3) is 0.300. The monoisotopic (exact) mass is 178 g/mol. The van der Waals surface area contributed by atoms with E-state index in [9.17, 15) is 4.79 Å². The highest BCUT2D eigenvalue weighted by Gasteiger charge is 1.95. The molecule has 0 saturated carbocycles. The van der Waals surface area contributed by atoms with Crippen LogP contribution in [0.4, 0.5) is 0 Å². The van der Waals surface area contributed by atoms with E-state index >= 15 is 0 Å². The summed E-state index contributed by atoms with van der Waals surface area (Å²) in [6, 6.07) is 0. The highest BCUT2D eigenvalue weighted by Crippen LogP contribution is 1.99. The van der Waals surface area contributed by atoms with Gasteiger partial charge < -0.3 is 10.2 Å². The lowest BCUT2D eigenvalue weighted by atomic mass is 10.3. The first-order valence-electron chi connectivity index (χ1n) is 4.19. The Morgan fingerprint density at radius 3 is 3.08 bits per heavy atom. The Morgan fingerprint density at radius 1 is 1.62 bits per heavy atom. The second-order valence-corrected chi connectivity index (χ2v) is 3.06. The van der Waals surface area contributed by atoms with Crippen LogP contribution in [-0.2, 0) is 4.79 Å². The zero-order chi connectivity index (χ0) is 9.68. The normalized spacial score (nSPS) is 28.0. The highest BCUT2D eigenvalue weighted by molar-refractivity contribution is 5.77. The van der Waals surface area contributed by atoms with Crippen LogP contribution in [0.25, 0.3) is 0 Å². The predicted molar refractivity (Wildman–Crippen MR) is 52.8 cm³/mol. The number of hydrogen-bond acceptors (Lipinski definition) is 3. The van der Waals surface area contributed by atoms with Gasteiger partial charge in [-0.05, 0) is 6.92 Å². The lowest BCUT2D eigenvalue weighted by Crippen LogP contribution is -2.13. The van der Waals surface area contributed by atoms with Crippen molar-refractivity contribution < 1.29 is 4.79 Å². The van der Waals surface area contributed by atoms with Crippen molar-refractivity contribution >= 4 is 6.29 Å². The summed E-state index contributed by atoms with van der Waals surface area (Å²) >= 11 is 0. The van der Waals surface area contributed by atoms with Crippen LogP contribution in [0.15, 0.2) is 35.8 Å². The second kappa shape index (κ2) is 4.50. The smallest absolute Gasteiger partial charge is 0.151 e. The highest BCUT2D eigenvalue weighted by atomic mass is 16.1. The number of aldehydes is 1. The maximum atomic E-state index is 10.5. The van der Waals surface area contributed by atoms with E-state index in [0.717, 1.165) is 18.5 Å². The lowest BCUT2D eigenvalue weighted by molar-refractivity contribution is -0.104. The van der Waals surface area contributed by atoms with Crippen LogP contribution in [0.1, 0.15) is 6.92 Å². The molecule has 13 heavy (non-hydrogen) atoms. The van der Waals surface area contributed by atoms with Crippen LogP contribution < -0.4 is 5.32 Å². The van der Waals surface area contributed by atoms with Crippen molar-refractivity contribution in [1.82, 2.24) is 10.2 Å². The van der Waals surface area contributed by atoms with Crippen LogP contribution >= 0.6 is 0 Å². The average Bonchev–Trinajstić information content (AvgIpc) is 2.16. The van der Waals surface area contributed by atoms with Gasteiger partial charge in [-0.15, -0.1) is 0 Å². The molecule has 1 aliphatic heterocycles. The Morgan fingerprint density at radius 2 is 2.38 bits per heavy atom. The van der Waals surface area contributed by atoms with Crippen LogP contribution in [0.2, 0.25) is 0 Å². The molecule has 1 N–H and O–H groups in total. The molecule has 0 aromatic carbocycles. The van der Waals surface area contributed by atoms with Gasteiger partial charge in [0, 0.05) is 37.3 Å². The maximum absolute atomic E-state index is 10.5. The first kappa shape index (κ1) is 9.58. The number of hydrogen-bond donors (Lipinski definition) is 1. The Labute approximate surface area is 78.4 Å². The van der Waals surface area contributed by atoms with Gasteiger partial charge in [-0.25, -0.2) is 0 Å².